The van der Waals surface area contributed by atoms with Crippen LogP contribution in [0, 0.1) is 6.92 Å². The van der Waals surface area contributed by atoms with Gasteiger partial charge < -0.3 is 25.0 Å². The van der Waals surface area contributed by atoms with Gasteiger partial charge in [-0.3, -0.25) is 19.6 Å². The number of aliphatic hydroxyl groups excluding tert-OH is 4. The number of hydrogen-bond acceptors (Lipinski definition) is 8. The van der Waals surface area contributed by atoms with Crippen LogP contribution in [-0.2, 0) is 6.54 Å². The largest absolute Gasteiger partial charge is 0.394 e. The first kappa shape index (κ1) is 18.9. The minimum absolute atomic E-state index is 0.0655. The Morgan fingerprint density at radius 3 is 2.48 bits per heavy atom. The number of nitrogens with one attached hydrogen (secondary N) is 2. The number of hydrogen-bond donors (Lipinski definition) is 6. The van der Waals surface area contributed by atoms with E-state index >= 15 is 0 Å². The Morgan fingerprint density at radius 1 is 1.11 bits per heavy atom. The molecule has 0 bridgehead atoms. The molecule has 6 N–H and O–H groups in total. The van der Waals surface area contributed by atoms with Crippen LogP contribution < -0.4 is 16.7 Å². The van der Waals surface area contributed by atoms with Crippen molar-refractivity contribution in [2.75, 3.05) is 6.61 Å². The molecule has 1 aliphatic carbocycles. The summed E-state index contributed by atoms with van der Waals surface area (Å²) in [6.45, 7) is 0.405. The Kier molecular flexibility index (Phi) is 4.93. The van der Waals surface area contributed by atoms with Gasteiger partial charge in [0.2, 0.25) is 0 Å². The van der Waals surface area contributed by atoms with Crippen molar-refractivity contribution >= 4 is 11.2 Å². The molecule has 2 heterocycles. The van der Waals surface area contributed by atoms with Crippen molar-refractivity contribution in [3.8, 4) is 11.4 Å². The number of aromatic amines is 2. The Morgan fingerprint density at radius 2 is 1.81 bits per heavy atom. The number of rotatable bonds is 5. The van der Waals surface area contributed by atoms with Gasteiger partial charge in [-0.05, 0) is 18.6 Å². The summed E-state index contributed by atoms with van der Waals surface area (Å²) in [5, 5.41) is 38.6. The lowest BCUT2D eigenvalue weighted by Crippen LogP contribution is -2.42. The maximum atomic E-state index is 12.1. The second-order valence-corrected chi connectivity index (χ2v) is 6.24. The number of benzene rings is 1. The van der Waals surface area contributed by atoms with Crippen molar-refractivity contribution in [3.05, 3.63) is 48.8 Å². The average molecular weight is 378 g/mol. The molecule has 11 heteroatoms. The van der Waals surface area contributed by atoms with Gasteiger partial charge in [0, 0.05) is 6.07 Å². The van der Waals surface area contributed by atoms with E-state index in [1.807, 2.05) is 4.98 Å². The van der Waals surface area contributed by atoms with E-state index in [1.165, 1.54) is 16.7 Å². The summed E-state index contributed by atoms with van der Waals surface area (Å²) in [5.41, 5.74) is -1.24. The molecule has 1 aromatic heterocycles. The van der Waals surface area contributed by atoms with Gasteiger partial charge in [-0.1, -0.05) is 0 Å². The monoisotopic (exact) mass is 378 g/mol. The molecule has 0 unspecified atom stereocenters. The topological polar surface area (TPSA) is 182 Å². The molecular formula is C16H18N4O7. The second kappa shape index (κ2) is 7.04. The molecule has 0 spiro atoms. The minimum atomic E-state index is -1.70. The van der Waals surface area contributed by atoms with E-state index in [-0.39, 0.29) is 28.0 Å². The van der Waals surface area contributed by atoms with E-state index in [1.54, 1.807) is 6.92 Å². The van der Waals surface area contributed by atoms with E-state index in [2.05, 4.69) is 9.97 Å². The fourth-order valence-electron chi connectivity index (χ4n) is 2.82. The maximum absolute atomic E-state index is 12.1. The van der Waals surface area contributed by atoms with Gasteiger partial charge in [0.05, 0.1) is 24.5 Å². The highest BCUT2D eigenvalue weighted by atomic mass is 16.4. The van der Waals surface area contributed by atoms with E-state index in [0.29, 0.717) is 5.56 Å². The van der Waals surface area contributed by atoms with E-state index in [4.69, 9.17) is 5.11 Å². The third kappa shape index (κ3) is 3.40. The smallest absolute Gasteiger partial charge is 0.327 e. The first-order chi connectivity index (χ1) is 12.7. The lowest BCUT2D eigenvalue weighted by Gasteiger charge is -2.25. The number of fused-ring (bicyclic) bond motifs is 2. The lowest BCUT2D eigenvalue weighted by molar-refractivity contribution is -0.0802. The van der Waals surface area contributed by atoms with Crippen LogP contribution in [0.3, 0.4) is 0 Å². The van der Waals surface area contributed by atoms with Crippen molar-refractivity contribution in [1.29, 1.82) is 0 Å². The molecule has 2 aliphatic rings. The molecule has 0 saturated carbocycles. The Labute approximate surface area is 150 Å². The highest BCUT2D eigenvalue weighted by Gasteiger charge is 2.27. The molecule has 3 atom stereocenters. The molecule has 0 aromatic carbocycles. The third-order valence-electron chi connectivity index (χ3n) is 4.31. The summed E-state index contributed by atoms with van der Waals surface area (Å²) in [6, 6.07) is 2.70. The van der Waals surface area contributed by atoms with Gasteiger partial charge >= 0.3 is 5.69 Å². The molecule has 0 radical (unpaired) electrons. The normalized spacial score (nSPS) is 15.1. The van der Waals surface area contributed by atoms with Crippen molar-refractivity contribution in [2.24, 2.45) is 0 Å². The summed E-state index contributed by atoms with van der Waals surface area (Å²) in [4.78, 5) is 44.5. The van der Waals surface area contributed by atoms with E-state index in [9.17, 15) is 29.7 Å². The minimum Gasteiger partial charge on any atom is -0.394 e. The second-order valence-electron chi connectivity index (χ2n) is 6.24. The number of aryl methyl sites for hydroxylation is 1. The van der Waals surface area contributed by atoms with Crippen LogP contribution in [0.4, 0.5) is 0 Å². The molecule has 0 saturated heterocycles. The maximum Gasteiger partial charge on any atom is 0.327 e. The van der Waals surface area contributed by atoms with E-state index < -0.39 is 42.7 Å². The van der Waals surface area contributed by atoms with Crippen LogP contribution in [0.5, 0.6) is 0 Å². The summed E-state index contributed by atoms with van der Waals surface area (Å²) in [7, 11) is 0. The first-order valence-electron chi connectivity index (χ1n) is 8.05. The number of aliphatic hydroxyl groups is 4. The Balaban J connectivity index is 2.30. The fraction of sp³-hybridized carbons (Fsp3) is 0.375. The number of H-pyrrole nitrogens is 2. The van der Waals surface area contributed by atoms with Crippen LogP contribution in [0.2, 0.25) is 0 Å². The third-order valence-corrected chi connectivity index (χ3v) is 4.31. The van der Waals surface area contributed by atoms with Gasteiger partial charge in [-0.15, -0.1) is 0 Å². The molecule has 1 aromatic rings. The average Bonchev–Trinajstić information content (AvgIpc) is 2.62. The van der Waals surface area contributed by atoms with Gasteiger partial charge in [0.25, 0.3) is 5.56 Å². The van der Waals surface area contributed by atoms with E-state index in [0.717, 1.165) is 0 Å². The Bertz CT molecular complexity index is 1130. The molecule has 0 amide bonds. The van der Waals surface area contributed by atoms with Gasteiger partial charge in [-0.25, -0.2) is 9.78 Å². The number of aromatic nitrogens is 4. The fourth-order valence-corrected chi connectivity index (χ4v) is 2.82. The van der Waals surface area contributed by atoms with Gasteiger partial charge in [-0.2, -0.15) is 0 Å². The van der Waals surface area contributed by atoms with Crippen molar-refractivity contribution in [1.82, 2.24) is 19.5 Å². The SMILES string of the molecule is Cc1cc2nc3c(=O)[nH]c(=O)[nH]c3n(C[C@H](O)[C@H](O)[C@H](O)CO)c-2cc1=O. The Hall–Kier alpha value is -2.86. The molecule has 144 valence electrons. The number of nitrogens with zero attached hydrogens (tertiary/aromatic N) is 2. The van der Waals surface area contributed by atoms with Crippen LogP contribution >= 0.6 is 0 Å². The van der Waals surface area contributed by atoms with Crippen molar-refractivity contribution in [3.63, 3.8) is 0 Å². The van der Waals surface area contributed by atoms with Crippen LogP contribution in [0.15, 0.2) is 26.5 Å². The summed E-state index contributed by atoms with van der Waals surface area (Å²) in [6.07, 6.45) is -4.88. The summed E-state index contributed by atoms with van der Waals surface area (Å²) < 4.78 is 1.26. The summed E-state index contributed by atoms with van der Waals surface area (Å²) >= 11 is 0. The van der Waals surface area contributed by atoms with Crippen LogP contribution in [0.1, 0.15) is 5.56 Å². The van der Waals surface area contributed by atoms with Crippen LogP contribution in [-0.4, -0.2) is 64.9 Å². The lowest BCUT2D eigenvalue weighted by atomic mass is 10.1. The predicted octanol–water partition coefficient (Wildman–Crippen LogP) is -2.74. The van der Waals surface area contributed by atoms with Crippen LogP contribution in [0.25, 0.3) is 22.6 Å². The first-order valence-corrected chi connectivity index (χ1v) is 8.05. The molecule has 27 heavy (non-hydrogen) atoms. The van der Waals surface area contributed by atoms with Crippen molar-refractivity contribution in [2.45, 2.75) is 31.8 Å². The van der Waals surface area contributed by atoms with Gasteiger partial charge in [0.1, 0.15) is 24.0 Å². The van der Waals surface area contributed by atoms with Crippen molar-refractivity contribution < 1.29 is 20.4 Å². The quantitative estimate of drug-likeness (QED) is 0.259. The summed E-state index contributed by atoms with van der Waals surface area (Å²) in [5.74, 6) is 0. The molecule has 3 rings (SSSR count). The molecular weight excluding hydrogens is 360 g/mol. The molecule has 11 nitrogen and oxygen atoms in total. The molecule has 0 fully saturated rings. The predicted molar refractivity (Wildman–Crippen MR) is 93.7 cm³/mol. The van der Waals surface area contributed by atoms with Gasteiger partial charge in [0.15, 0.2) is 10.9 Å². The zero-order valence-electron chi connectivity index (χ0n) is 14.2. The zero-order chi connectivity index (χ0) is 19.9. The highest BCUT2D eigenvalue weighted by Crippen LogP contribution is 2.23. The highest BCUT2D eigenvalue weighted by molar-refractivity contribution is 5.76. The standard InChI is InChI=1S/C16H18N4O7/c1-6-2-7-8(3-9(6)22)20(4-10(23)13(25)11(24)5-21)14-12(17-7)15(26)19-16(27)18-14/h2-3,10-11,13,21,23-25H,4-5H2,1H3,(H2,18,19,26,27)/t10-,11+,13-/m0/s1. The molecule has 1 aliphatic heterocycles. The zero-order valence-corrected chi connectivity index (χ0v) is 14.2.